The van der Waals surface area contributed by atoms with Gasteiger partial charge in [-0.3, -0.25) is 4.79 Å². The van der Waals surface area contributed by atoms with Gasteiger partial charge < -0.3 is 4.74 Å². The van der Waals surface area contributed by atoms with Gasteiger partial charge in [0.1, 0.15) is 5.75 Å². The van der Waals surface area contributed by atoms with Crippen LogP contribution in [0.15, 0.2) is 24.3 Å². The minimum atomic E-state index is 0.112. The van der Waals surface area contributed by atoms with Crippen molar-refractivity contribution in [2.45, 2.75) is 0 Å². The number of hydrogen-bond acceptors (Lipinski definition) is 3. The second kappa shape index (κ2) is 4.02. The van der Waals surface area contributed by atoms with Crippen LogP contribution < -0.4 is 4.74 Å². The minimum absolute atomic E-state index is 0.112. The van der Waals surface area contributed by atoms with Crippen molar-refractivity contribution in [1.82, 2.24) is 0 Å². The van der Waals surface area contributed by atoms with Crippen LogP contribution in [-0.2, 0) is 4.79 Å². The normalized spacial score (nSPS) is 14.9. The Morgan fingerprint density at radius 1 is 1.21 bits per heavy atom. The van der Waals surface area contributed by atoms with E-state index in [1.165, 1.54) is 22.7 Å². The zero-order valence-electron chi connectivity index (χ0n) is 7.52. The Morgan fingerprint density at radius 2 is 1.93 bits per heavy atom. The Balaban J connectivity index is 2.27. The van der Waals surface area contributed by atoms with Gasteiger partial charge in [0.05, 0.1) is 11.3 Å². The van der Waals surface area contributed by atoms with Gasteiger partial charge in [-0.05, 0) is 41.6 Å². The predicted octanol–water partition coefficient (Wildman–Crippen LogP) is 1.98. The standard InChI is InChI=1S/C10H8O2S2/c1-12-8-4-2-7(3-5-8)10-13-6-9(11)14-10/h2-6H,1H3. The molecule has 1 aliphatic rings. The first-order valence-corrected chi connectivity index (χ1v) is 5.72. The summed E-state index contributed by atoms with van der Waals surface area (Å²) in [5, 5.41) is 1.74. The first-order chi connectivity index (χ1) is 6.79. The lowest BCUT2D eigenvalue weighted by Crippen LogP contribution is -1.93. The molecule has 0 N–H and O–H groups in total. The average Bonchev–Trinajstić information content (AvgIpc) is 2.65. The molecule has 14 heavy (non-hydrogen) atoms. The van der Waals surface area contributed by atoms with Crippen molar-refractivity contribution in [2.75, 3.05) is 7.11 Å². The maximum atomic E-state index is 11.0. The topological polar surface area (TPSA) is 26.3 Å². The quantitative estimate of drug-likeness (QED) is 0.719. The summed E-state index contributed by atoms with van der Waals surface area (Å²) >= 11 is 1.28. The molecule has 0 atom stereocenters. The number of benzene rings is 1. The van der Waals surface area contributed by atoms with E-state index in [2.05, 4.69) is 0 Å². The summed E-state index contributed by atoms with van der Waals surface area (Å²) in [5.74, 6) is 0.831. The van der Waals surface area contributed by atoms with Gasteiger partial charge in [-0.25, -0.2) is 0 Å². The zero-order chi connectivity index (χ0) is 9.97. The summed E-state index contributed by atoms with van der Waals surface area (Å²) in [7, 11) is 3.12. The van der Waals surface area contributed by atoms with E-state index in [0.717, 1.165) is 15.5 Å². The number of methoxy groups -OCH3 is 1. The minimum Gasteiger partial charge on any atom is -0.497 e. The molecule has 0 aliphatic carbocycles. The Morgan fingerprint density at radius 3 is 2.43 bits per heavy atom. The third-order valence-corrected chi connectivity index (χ3v) is 3.99. The van der Waals surface area contributed by atoms with Crippen molar-refractivity contribution in [3.05, 3.63) is 29.8 Å². The number of ether oxygens (including phenoxy) is 1. The monoisotopic (exact) mass is 224 g/mol. The van der Waals surface area contributed by atoms with Crippen LogP contribution in [0.2, 0.25) is 0 Å². The van der Waals surface area contributed by atoms with E-state index in [-0.39, 0.29) is 5.12 Å². The van der Waals surface area contributed by atoms with Crippen molar-refractivity contribution in [3.63, 3.8) is 0 Å². The van der Waals surface area contributed by atoms with Crippen molar-refractivity contribution in [3.8, 4) is 5.75 Å². The van der Waals surface area contributed by atoms with Crippen LogP contribution in [0, 0.1) is 0 Å². The molecule has 4 heteroatoms. The van der Waals surface area contributed by atoms with Gasteiger partial charge in [0.15, 0.2) is 0 Å². The van der Waals surface area contributed by atoms with Gasteiger partial charge in [0, 0.05) is 5.37 Å². The molecule has 0 saturated carbocycles. The lowest BCUT2D eigenvalue weighted by atomic mass is 10.2. The second-order valence-corrected chi connectivity index (χ2v) is 4.83. The highest BCUT2D eigenvalue weighted by atomic mass is 32.2. The van der Waals surface area contributed by atoms with Gasteiger partial charge >= 0.3 is 0 Å². The van der Waals surface area contributed by atoms with Crippen molar-refractivity contribution < 1.29 is 9.53 Å². The Labute approximate surface area is 89.8 Å². The van der Waals surface area contributed by atoms with E-state index >= 15 is 0 Å². The summed E-state index contributed by atoms with van der Waals surface area (Å²) in [6.45, 7) is 0. The van der Waals surface area contributed by atoms with Crippen LogP contribution in [0.5, 0.6) is 5.75 Å². The van der Waals surface area contributed by atoms with Crippen molar-refractivity contribution in [1.29, 1.82) is 0 Å². The molecule has 1 aromatic carbocycles. The maximum absolute atomic E-state index is 11.0. The molecule has 0 unspecified atom stereocenters. The Hall–Kier alpha value is -1.00. The van der Waals surface area contributed by atoms with E-state index < -0.39 is 0 Å². The predicted molar refractivity (Wildman–Crippen MR) is 63.4 cm³/mol. The zero-order valence-corrected chi connectivity index (χ0v) is 9.15. The fraction of sp³-hybridized carbons (Fsp3) is 0.100. The molecule has 0 fully saturated rings. The highest BCUT2D eigenvalue weighted by molar-refractivity contribution is 8.41. The molecule has 0 spiro atoms. The van der Waals surface area contributed by atoms with Crippen LogP contribution >= 0.6 is 22.7 Å². The lowest BCUT2D eigenvalue weighted by molar-refractivity contribution is -0.105. The summed E-state index contributed by atoms with van der Waals surface area (Å²) in [6, 6.07) is 7.71. The van der Waals surface area contributed by atoms with Crippen LogP contribution in [0.4, 0.5) is 0 Å². The molecule has 2 nitrogen and oxygen atoms in total. The summed E-state index contributed by atoms with van der Waals surface area (Å²) in [5.41, 5.74) is 1.07. The van der Waals surface area contributed by atoms with Gasteiger partial charge in [0.2, 0.25) is 5.12 Å². The number of hydrogen-bond donors (Lipinski definition) is 0. The maximum Gasteiger partial charge on any atom is 0.227 e. The molecule has 1 heterocycles. The number of thioether (sulfide) groups is 1. The van der Waals surface area contributed by atoms with E-state index in [1.807, 2.05) is 24.3 Å². The van der Waals surface area contributed by atoms with Gasteiger partial charge in [-0.15, -0.1) is 10.9 Å². The fourth-order valence-electron chi connectivity index (χ4n) is 1.10. The van der Waals surface area contributed by atoms with E-state index in [4.69, 9.17) is 4.74 Å². The molecular formula is C10H8O2S2. The van der Waals surface area contributed by atoms with E-state index in [1.54, 1.807) is 12.5 Å². The first-order valence-electron chi connectivity index (χ1n) is 4.02. The van der Waals surface area contributed by atoms with Crippen LogP contribution in [-0.4, -0.2) is 21.8 Å². The Kier molecular flexibility index (Phi) is 2.74. The summed E-state index contributed by atoms with van der Waals surface area (Å²) in [4.78, 5) is 11.0. The lowest BCUT2D eigenvalue weighted by Gasteiger charge is -2.01. The molecule has 0 bridgehead atoms. The molecular weight excluding hydrogens is 216 g/mol. The van der Waals surface area contributed by atoms with Crippen molar-refractivity contribution in [2.24, 2.45) is 0 Å². The molecule has 1 aliphatic heterocycles. The largest absolute Gasteiger partial charge is 0.497 e. The van der Waals surface area contributed by atoms with Gasteiger partial charge in [-0.2, -0.15) is 0 Å². The van der Waals surface area contributed by atoms with Crippen LogP contribution in [0.3, 0.4) is 0 Å². The van der Waals surface area contributed by atoms with Crippen LogP contribution in [0.25, 0.3) is 0 Å². The Bertz CT molecular complexity index is 428. The fourth-order valence-corrected chi connectivity index (χ4v) is 2.93. The first kappa shape index (κ1) is 9.55. The second-order valence-electron chi connectivity index (χ2n) is 2.67. The third-order valence-electron chi connectivity index (χ3n) is 1.78. The summed E-state index contributed by atoms with van der Waals surface area (Å²) < 4.78 is 6.09. The number of carbonyl (C=O) groups excluding carboxylic acids is 1. The molecule has 1 aromatic rings. The molecule has 0 saturated heterocycles. The smallest absolute Gasteiger partial charge is 0.227 e. The summed E-state index contributed by atoms with van der Waals surface area (Å²) in [6.07, 6.45) is 0. The van der Waals surface area contributed by atoms with E-state index in [9.17, 15) is 4.79 Å². The molecule has 0 aromatic heterocycles. The molecule has 72 valence electrons. The molecule has 0 amide bonds. The van der Waals surface area contributed by atoms with Gasteiger partial charge in [-0.1, -0.05) is 0 Å². The molecule has 2 rings (SSSR count). The average molecular weight is 224 g/mol. The van der Waals surface area contributed by atoms with Crippen LogP contribution in [0.1, 0.15) is 5.56 Å². The number of carbonyl (C=O) groups is 1. The highest BCUT2D eigenvalue weighted by Crippen LogP contribution is 2.21. The highest BCUT2D eigenvalue weighted by Gasteiger charge is 2.11. The van der Waals surface area contributed by atoms with Gasteiger partial charge in [0.25, 0.3) is 0 Å². The van der Waals surface area contributed by atoms with E-state index in [0.29, 0.717) is 0 Å². The third kappa shape index (κ3) is 1.91. The number of rotatable bonds is 2. The van der Waals surface area contributed by atoms with Crippen molar-refractivity contribution >= 4 is 37.4 Å². The molecule has 0 radical (unpaired) electrons. The SMILES string of the molecule is COc1ccc(C2=S=CC(=O)S2)cc1.